The van der Waals surface area contributed by atoms with Crippen molar-refractivity contribution in [3.63, 3.8) is 0 Å². The number of nitrogens with one attached hydrogen (secondary N) is 1. The molecule has 25 heavy (non-hydrogen) atoms. The van der Waals surface area contributed by atoms with Crippen LogP contribution in [0.4, 0.5) is 10.2 Å². The van der Waals surface area contributed by atoms with Gasteiger partial charge >= 0.3 is 0 Å². The molecule has 0 saturated carbocycles. The van der Waals surface area contributed by atoms with Crippen LogP contribution < -0.4 is 20.5 Å². The number of anilines is 1. The summed E-state index contributed by atoms with van der Waals surface area (Å²) in [5, 5.41) is 3.58. The third-order valence-electron chi connectivity index (χ3n) is 4.08. The average molecular weight is 367 g/mol. The van der Waals surface area contributed by atoms with Crippen LogP contribution >= 0.6 is 11.6 Å². The minimum Gasteiger partial charge on any atom is -0.484 e. The molecule has 0 bridgehead atoms. The van der Waals surface area contributed by atoms with Crippen molar-refractivity contribution in [3.05, 3.63) is 51.3 Å². The molecule has 8 heteroatoms. The smallest absolute Gasteiger partial charge is 0.255 e. The van der Waals surface area contributed by atoms with E-state index < -0.39 is 5.82 Å². The van der Waals surface area contributed by atoms with Crippen LogP contribution in [0.2, 0.25) is 5.02 Å². The molecule has 0 aliphatic carbocycles. The van der Waals surface area contributed by atoms with Gasteiger partial charge in [-0.2, -0.15) is 0 Å². The van der Waals surface area contributed by atoms with E-state index in [1.165, 1.54) is 18.2 Å². The van der Waals surface area contributed by atoms with Gasteiger partial charge in [0.1, 0.15) is 24.0 Å². The molecule has 134 valence electrons. The Hall–Kier alpha value is -2.12. The number of rotatable bonds is 5. The second-order valence-electron chi connectivity index (χ2n) is 5.71. The molecule has 1 aromatic carbocycles. The predicted molar refractivity (Wildman–Crippen MR) is 95.0 cm³/mol. The standard InChI is InChI=1S/C17H20ClFN4O2/c1-2-23-16(11-25-14-9-12(19)3-4-13(14)18)21-15(10-17(23)24)22-7-5-20-6-8-22/h3-4,9-10,20H,2,5-8,11H2,1H3. The lowest BCUT2D eigenvalue weighted by Crippen LogP contribution is -2.44. The van der Waals surface area contributed by atoms with E-state index in [4.69, 9.17) is 16.3 Å². The van der Waals surface area contributed by atoms with Gasteiger partial charge in [0.05, 0.1) is 5.02 Å². The largest absolute Gasteiger partial charge is 0.484 e. The van der Waals surface area contributed by atoms with Gasteiger partial charge in [-0.05, 0) is 19.1 Å². The first-order valence-corrected chi connectivity index (χ1v) is 8.60. The van der Waals surface area contributed by atoms with Crippen molar-refractivity contribution < 1.29 is 9.13 Å². The lowest BCUT2D eigenvalue weighted by molar-refractivity contribution is 0.285. The first-order valence-electron chi connectivity index (χ1n) is 8.22. The molecular formula is C17H20ClFN4O2. The summed E-state index contributed by atoms with van der Waals surface area (Å²) in [4.78, 5) is 19.1. The molecule has 1 aromatic heterocycles. The van der Waals surface area contributed by atoms with Crippen molar-refractivity contribution in [1.29, 1.82) is 0 Å². The Bertz CT molecular complexity index is 806. The maximum Gasteiger partial charge on any atom is 0.255 e. The molecule has 2 heterocycles. The first kappa shape index (κ1) is 17.7. The van der Waals surface area contributed by atoms with Crippen molar-refractivity contribution in [1.82, 2.24) is 14.9 Å². The summed E-state index contributed by atoms with van der Waals surface area (Å²) < 4.78 is 20.5. The summed E-state index contributed by atoms with van der Waals surface area (Å²) >= 11 is 6.02. The Labute approximate surface area is 150 Å². The third kappa shape index (κ3) is 4.11. The minimum atomic E-state index is -0.435. The summed E-state index contributed by atoms with van der Waals surface area (Å²) in [5.74, 6) is 0.921. The van der Waals surface area contributed by atoms with Gasteiger partial charge in [0.15, 0.2) is 5.82 Å². The van der Waals surface area contributed by atoms with E-state index >= 15 is 0 Å². The maximum absolute atomic E-state index is 13.4. The number of piperazine rings is 1. The highest BCUT2D eigenvalue weighted by Gasteiger charge is 2.16. The SMILES string of the molecule is CCn1c(COc2cc(F)ccc2Cl)nc(N2CCNCC2)cc1=O. The van der Waals surface area contributed by atoms with Crippen molar-refractivity contribution in [2.45, 2.75) is 20.1 Å². The van der Waals surface area contributed by atoms with Crippen LogP contribution in [-0.4, -0.2) is 35.7 Å². The summed E-state index contributed by atoms with van der Waals surface area (Å²) in [6.07, 6.45) is 0. The van der Waals surface area contributed by atoms with Crippen LogP contribution in [0.3, 0.4) is 0 Å². The van der Waals surface area contributed by atoms with Gasteiger partial charge in [0.2, 0.25) is 0 Å². The van der Waals surface area contributed by atoms with E-state index in [1.54, 1.807) is 10.6 Å². The van der Waals surface area contributed by atoms with Gasteiger partial charge in [-0.1, -0.05) is 11.6 Å². The van der Waals surface area contributed by atoms with Gasteiger partial charge in [0, 0.05) is 44.9 Å². The summed E-state index contributed by atoms with van der Waals surface area (Å²) in [7, 11) is 0. The zero-order valence-electron chi connectivity index (χ0n) is 14.0. The monoisotopic (exact) mass is 366 g/mol. The van der Waals surface area contributed by atoms with E-state index in [-0.39, 0.29) is 17.9 Å². The Morgan fingerprint density at radius 3 is 2.80 bits per heavy atom. The number of hydrogen-bond donors (Lipinski definition) is 1. The number of ether oxygens (including phenoxy) is 1. The van der Waals surface area contributed by atoms with Gasteiger partial charge < -0.3 is 15.0 Å². The van der Waals surface area contributed by atoms with Crippen molar-refractivity contribution >= 4 is 17.4 Å². The quantitative estimate of drug-likeness (QED) is 0.877. The number of nitrogens with zero attached hydrogens (tertiary/aromatic N) is 3. The van der Waals surface area contributed by atoms with Crippen LogP contribution in [0.15, 0.2) is 29.1 Å². The lowest BCUT2D eigenvalue weighted by atomic mass is 10.3. The van der Waals surface area contributed by atoms with Crippen LogP contribution in [0.25, 0.3) is 0 Å². The van der Waals surface area contributed by atoms with Gasteiger partial charge in [-0.3, -0.25) is 9.36 Å². The van der Waals surface area contributed by atoms with Gasteiger partial charge in [-0.25, -0.2) is 9.37 Å². The Morgan fingerprint density at radius 1 is 1.32 bits per heavy atom. The normalized spacial score (nSPS) is 14.6. The third-order valence-corrected chi connectivity index (χ3v) is 4.39. The van der Waals surface area contributed by atoms with Crippen LogP contribution in [0.5, 0.6) is 5.75 Å². The zero-order valence-corrected chi connectivity index (χ0v) is 14.7. The highest BCUT2D eigenvalue weighted by molar-refractivity contribution is 6.32. The second kappa shape index (κ2) is 7.84. The Kier molecular flexibility index (Phi) is 5.55. The van der Waals surface area contributed by atoms with E-state index in [1.807, 2.05) is 6.92 Å². The molecule has 0 amide bonds. The van der Waals surface area contributed by atoms with Crippen molar-refractivity contribution in [2.75, 3.05) is 31.1 Å². The van der Waals surface area contributed by atoms with Crippen molar-refractivity contribution in [3.8, 4) is 5.75 Å². The first-order chi connectivity index (χ1) is 12.1. The number of halogens is 2. The maximum atomic E-state index is 13.4. The fraction of sp³-hybridized carbons (Fsp3) is 0.412. The van der Waals surface area contributed by atoms with E-state index in [0.29, 0.717) is 23.2 Å². The summed E-state index contributed by atoms with van der Waals surface area (Å²) in [6, 6.07) is 5.47. The second-order valence-corrected chi connectivity index (χ2v) is 6.12. The van der Waals surface area contributed by atoms with Crippen LogP contribution in [0.1, 0.15) is 12.7 Å². The van der Waals surface area contributed by atoms with E-state index in [0.717, 1.165) is 26.2 Å². The molecule has 0 spiro atoms. The average Bonchev–Trinajstić information content (AvgIpc) is 2.63. The topological polar surface area (TPSA) is 59.4 Å². The highest BCUT2D eigenvalue weighted by Crippen LogP contribution is 2.25. The molecular weight excluding hydrogens is 347 g/mol. The molecule has 0 unspecified atom stereocenters. The lowest BCUT2D eigenvalue weighted by Gasteiger charge is -2.29. The summed E-state index contributed by atoms with van der Waals surface area (Å²) in [6.45, 7) is 5.66. The highest BCUT2D eigenvalue weighted by atomic mass is 35.5. The fourth-order valence-corrected chi connectivity index (χ4v) is 2.95. The molecule has 3 rings (SSSR count). The van der Waals surface area contributed by atoms with Gasteiger partial charge in [-0.15, -0.1) is 0 Å². The molecule has 1 fully saturated rings. The number of aromatic nitrogens is 2. The summed E-state index contributed by atoms with van der Waals surface area (Å²) in [5.41, 5.74) is -0.130. The Balaban J connectivity index is 1.86. The molecule has 1 saturated heterocycles. The van der Waals surface area contributed by atoms with Gasteiger partial charge in [0.25, 0.3) is 5.56 Å². The number of benzene rings is 1. The van der Waals surface area contributed by atoms with Crippen LogP contribution in [-0.2, 0) is 13.2 Å². The fourth-order valence-electron chi connectivity index (χ4n) is 2.78. The molecule has 1 aliphatic rings. The van der Waals surface area contributed by atoms with E-state index in [9.17, 15) is 9.18 Å². The van der Waals surface area contributed by atoms with Crippen LogP contribution in [0, 0.1) is 5.82 Å². The molecule has 0 radical (unpaired) electrons. The zero-order chi connectivity index (χ0) is 17.8. The number of hydrogen-bond acceptors (Lipinski definition) is 5. The minimum absolute atomic E-state index is 0.0339. The molecule has 2 aromatic rings. The Morgan fingerprint density at radius 2 is 2.08 bits per heavy atom. The predicted octanol–water partition coefficient (Wildman–Crippen LogP) is 2.04. The van der Waals surface area contributed by atoms with Crippen molar-refractivity contribution in [2.24, 2.45) is 0 Å². The molecule has 1 N–H and O–H groups in total. The molecule has 1 aliphatic heterocycles. The van der Waals surface area contributed by atoms with E-state index in [2.05, 4.69) is 15.2 Å². The molecule has 0 atom stereocenters. The molecule has 6 nitrogen and oxygen atoms in total.